The number of aromatic nitrogens is 4. The van der Waals surface area contributed by atoms with Gasteiger partial charge in [0.05, 0.1) is 12.8 Å². The zero-order valence-electron chi connectivity index (χ0n) is 12.4. The van der Waals surface area contributed by atoms with Gasteiger partial charge in [-0.15, -0.1) is 16.9 Å². The molecule has 9 heteroatoms. The van der Waals surface area contributed by atoms with Crippen LogP contribution in [-0.4, -0.2) is 71.9 Å². The summed E-state index contributed by atoms with van der Waals surface area (Å²) in [6.07, 6.45) is 3.90. The number of aliphatic hydroxyl groups is 3. The Hall–Kier alpha value is -1.52. The minimum absolute atomic E-state index is 0.340. The molecule has 2 aromatic rings. The first kappa shape index (κ1) is 16.3. The number of aliphatic hydroxyl groups excluding tert-OH is 3. The fourth-order valence-corrected chi connectivity index (χ4v) is 3.35. The second-order valence-corrected chi connectivity index (χ2v) is 6.19. The molecular formula is C14H18N4O4S. The van der Waals surface area contributed by atoms with E-state index in [9.17, 15) is 15.3 Å². The third-order valence-corrected chi connectivity index (χ3v) is 4.73. The second kappa shape index (κ2) is 6.93. The molecule has 124 valence electrons. The summed E-state index contributed by atoms with van der Waals surface area (Å²) in [4.78, 5) is 3.95. The van der Waals surface area contributed by atoms with Crippen molar-refractivity contribution in [1.82, 2.24) is 20.0 Å². The van der Waals surface area contributed by atoms with Crippen LogP contribution in [0, 0.1) is 0 Å². The average molecular weight is 338 g/mol. The summed E-state index contributed by atoms with van der Waals surface area (Å²) in [5, 5.41) is 38.4. The largest absolute Gasteiger partial charge is 0.394 e. The molecule has 3 rings (SSSR count). The molecule has 3 heterocycles. The van der Waals surface area contributed by atoms with E-state index in [0.717, 1.165) is 5.56 Å². The van der Waals surface area contributed by atoms with Crippen molar-refractivity contribution in [3.8, 4) is 11.3 Å². The normalized spacial score (nSPS) is 31.2. The van der Waals surface area contributed by atoms with Gasteiger partial charge in [0.15, 0.2) is 0 Å². The van der Waals surface area contributed by atoms with E-state index in [2.05, 4.69) is 15.3 Å². The fraction of sp³-hybridized carbons (Fsp3) is 0.500. The molecule has 0 saturated carbocycles. The summed E-state index contributed by atoms with van der Waals surface area (Å²) in [6.45, 7) is -0.340. The molecule has 0 aliphatic carbocycles. The summed E-state index contributed by atoms with van der Waals surface area (Å²) in [7, 11) is 0. The van der Waals surface area contributed by atoms with Crippen molar-refractivity contribution in [2.75, 3.05) is 12.9 Å². The van der Waals surface area contributed by atoms with Crippen LogP contribution in [0.3, 0.4) is 0 Å². The van der Waals surface area contributed by atoms with Crippen molar-refractivity contribution < 1.29 is 20.1 Å². The molecule has 1 aliphatic heterocycles. The first-order chi connectivity index (χ1) is 11.2. The van der Waals surface area contributed by atoms with Crippen molar-refractivity contribution in [2.45, 2.75) is 29.8 Å². The molecule has 3 N–H and O–H groups in total. The van der Waals surface area contributed by atoms with Gasteiger partial charge in [0.1, 0.15) is 35.5 Å². The summed E-state index contributed by atoms with van der Waals surface area (Å²) < 4.78 is 6.93. The Bertz CT molecular complexity index is 625. The first-order valence-electron chi connectivity index (χ1n) is 7.13. The summed E-state index contributed by atoms with van der Waals surface area (Å²) in [5.41, 5.74) is 0.885. The smallest absolute Gasteiger partial charge is 0.131 e. The Balaban J connectivity index is 1.91. The maximum atomic E-state index is 10.5. The standard InChI is InChI=1S/C14H18N4O4S/c1-23-14-13(21)11(12(20)10(7-19)22-14)18-6-9(16-17-18)8-2-4-15-5-3-8/h2-6,10-14,19-21H,7H2,1H3/t10-,11+,12+,13-,14+/m1/s1. The van der Waals surface area contributed by atoms with Crippen molar-refractivity contribution >= 4 is 11.8 Å². The van der Waals surface area contributed by atoms with Crippen LogP contribution in [0.4, 0.5) is 0 Å². The number of hydrogen-bond donors (Lipinski definition) is 3. The highest BCUT2D eigenvalue weighted by Gasteiger charge is 2.45. The number of ether oxygens (including phenoxy) is 1. The van der Waals surface area contributed by atoms with Gasteiger partial charge in [-0.1, -0.05) is 5.21 Å². The van der Waals surface area contributed by atoms with Crippen LogP contribution in [0.15, 0.2) is 30.7 Å². The van der Waals surface area contributed by atoms with Crippen LogP contribution in [0.2, 0.25) is 0 Å². The molecule has 1 saturated heterocycles. The molecule has 0 aromatic carbocycles. The maximum absolute atomic E-state index is 10.5. The molecule has 2 aromatic heterocycles. The van der Waals surface area contributed by atoms with E-state index in [1.807, 2.05) is 0 Å². The van der Waals surface area contributed by atoms with Crippen LogP contribution in [-0.2, 0) is 4.74 Å². The minimum atomic E-state index is -1.09. The molecule has 0 amide bonds. The molecule has 1 aliphatic rings. The number of rotatable bonds is 4. The lowest BCUT2D eigenvalue weighted by atomic mass is 9.97. The van der Waals surface area contributed by atoms with Crippen LogP contribution < -0.4 is 0 Å². The van der Waals surface area contributed by atoms with E-state index in [-0.39, 0.29) is 6.61 Å². The predicted octanol–water partition coefficient (Wildman–Crippen LogP) is -0.317. The topological polar surface area (TPSA) is 114 Å². The van der Waals surface area contributed by atoms with E-state index in [0.29, 0.717) is 5.69 Å². The van der Waals surface area contributed by atoms with E-state index >= 15 is 0 Å². The third-order valence-electron chi connectivity index (χ3n) is 3.87. The predicted molar refractivity (Wildman–Crippen MR) is 83.6 cm³/mol. The summed E-state index contributed by atoms with van der Waals surface area (Å²) in [6, 6.07) is 2.85. The molecule has 0 bridgehead atoms. The summed E-state index contributed by atoms with van der Waals surface area (Å²) >= 11 is 1.31. The first-order valence-corrected chi connectivity index (χ1v) is 8.42. The van der Waals surface area contributed by atoms with Gasteiger partial charge in [-0.25, -0.2) is 4.68 Å². The second-order valence-electron chi connectivity index (χ2n) is 5.25. The van der Waals surface area contributed by atoms with Crippen LogP contribution >= 0.6 is 11.8 Å². The molecule has 0 spiro atoms. The van der Waals surface area contributed by atoms with E-state index in [1.165, 1.54) is 16.4 Å². The van der Waals surface area contributed by atoms with Gasteiger partial charge in [0, 0.05) is 18.0 Å². The minimum Gasteiger partial charge on any atom is -0.394 e. The Morgan fingerprint density at radius 2 is 2.00 bits per heavy atom. The third kappa shape index (κ3) is 3.10. The van der Waals surface area contributed by atoms with Gasteiger partial charge in [-0.05, 0) is 18.4 Å². The van der Waals surface area contributed by atoms with E-state index < -0.39 is 29.8 Å². The van der Waals surface area contributed by atoms with Gasteiger partial charge >= 0.3 is 0 Å². The number of pyridine rings is 1. The lowest BCUT2D eigenvalue weighted by molar-refractivity contribution is -0.178. The average Bonchev–Trinajstić information content (AvgIpc) is 3.06. The van der Waals surface area contributed by atoms with Gasteiger partial charge in [-0.3, -0.25) is 4.98 Å². The number of hydrogen-bond acceptors (Lipinski definition) is 8. The number of thioether (sulfide) groups is 1. The number of nitrogens with zero attached hydrogens (tertiary/aromatic N) is 4. The van der Waals surface area contributed by atoms with Crippen LogP contribution in [0.5, 0.6) is 0 Å². The zero-order chi connectivity index (χ0) is 16.4. The molecular weight excluding hydrogens is 320 g/mol. The van der Waals surface area contributed by atoms with Crippen molar-refractivity contribution in [2.24, 2.45) is 0 Å². The highest BCUT2D eigenvalue weighted by molar-refractivity contribution is 7.99. The molecule has 8 nitrogen and oxygen atoms in total. The molecule has 0 unspecified atom stereocenters. The highest BCUT2D eigenvalue weighted by atomic mass is 32.2. The van der Waals surface area contributed by atoms with E-state index in [4.69, 9.17) is 4.74 Å². The SMILES string of the molecule is CS[C@@H]1O[C@H](CO)[C@H](O)[C@H](n2cc(-c3ccncc3)nn2)[C@H]1O. The Morgan fingerprint density at radius 3 is 2.65 bits per heavy atom. The van der Waals surface area contributed by atoms with Gasteiger partial charge in [0.2, 0.25) is 0 Å². The maximum Gasteiger partial charge on any atom is 0.131 e. The molecule has 1 fully saturated rings. The van der Waals surface area contributed by atoms with Crippen LogP contribution in [0.1, 0.15) is 6.04 Å². The Kier molecular flexibility index (Phi) is 4.93. The molecule has 5 atom stereocenters. The Labute approximate surface area is 137 Å². The van der Waals surface area contributed by atoms with Gasteiger partial charge in [-0.2, -0.15) is 0 Å². The lowest BCUT2D eigenvalue weighted by Gasteiger charge is -2.41. The Morgan fingerprint density at radius 1 is 1.26 bits per heavy atom. The molecule has 23 heavy (non-hydrogen) atoms. The monoisotopic (exact) mass is 338 g/mol. The fourth-order valence-electron chi connectivity index (χ4n) is 2.65. The molecule has 0 radical (unpaired) electrons. The van der Waals surface area contributed by atoms with E-state index in [1.54, 1.807) is 37.0 Å². The van der Waals surface area contributed by atoms with Gasteiger partial charge in [0.25, 0.3) is 0 Å². The zero-order valence-corrected chi connectivity index (χ0v) is 13.2. The van der Waals surface area contributed by atoms with Crippen LogP contribution in [0.25, 0.3) is 11.3 Å². The van der Waals surface area contributed by atoms with Crippen molar-refractivity contribution in [3.05, 3.63) is 30.7 Å². The quantitative estimate of drug-likeness (QED) is 0.695. The van der Waals surface area contributed by atoms with Crippen molar-refractivity contribution in [1.29, 1.82) is 0 Å². The van der Waals surface area contributed by atoms with Crippen molar-refractivity contribution in [3.63, 3.8) is 0 Å². The lowest BCUT2D eigenvalue weighted by Crippen LogP contribution is -2.54. The van der Waals surface area contributed by atoms with Gasteiger partial charge < -0.3 is 20.1 Å². The summed E-state index contributed by atoms with van der Waals surface area (Å²) in [5.74, 6) is 0. The highest BCUT2D eigenvalue weighted by Crippen LogP contribution is 2.34.